The molecule has 0 saturated carbocycles. The topological polar surface area (TPSA) is 58.1 Å². The summed E-state index contributed by atoms with van der Waals surface area (Å²) in [5.74, 6) is 0.660. The standard InChI is InChI=1S/C14H14N4O/c1-18(2)14-16-6-9(7-17-14)10-4-3-5-11-12(10)8-15-13(11)19/h3-7H,8H2,1-2H3,(H,15,19). The third kappa shape index (κ3) is 1.93. The van der Waals surface area contributed by atoms with Crippen molar-refractivity contribution in [3.05, 3.63) is 41.7 Å². The van der Waals surface area contributed by atoms with Crippen LogP contribution in [0.1, 0.15) is 15.9 Å². The van der Waals surface area contributed by atoms with Gasteiger partial charge >= 0.3 is 0 Å². The molecule has 0 aliphatic carbocycles. The lowest BCUT2D eigenvalue weighted by molar-refractivity contribution is 0.0966. The number of hydrogen-bond acceptors (Lipinski definition) is 4. The summed E-state index contributed by atoms with van der Waals surface area (Å²) in [5.41, 5.74) is 3.71. The smallest absolute Gasteiger partial charge is 0.251 e. The minimum Gasteiger partial charge on any atom is -0.348 e. The van der Waals surface area contributed by atoms with E-state index in [2.05, 4.69) is 15.3 Å². The van der Waals surface area contributed by atoms with Gasteiger partial charge in [-0.05, 0) is 17.2 Å². The first kappa shape index (κ1) is 11.6. The van der Waals surface area contributed by atoms with Crippen LogP contribution < -0.4 is 10.2 Å². The Morgan fingerprint density at radius 1 is 1.16 bits per heavy atom. The van der Waals surface area contributed by atoms with Gasteiger partial charge in [0.2, 0.25) is 5.95 Å². The second kappa shape index (κ2) is 4.35. The first-order valence-corrected chi connectivity index (χ1v) is 6.06. The number of fused-ring (bicyclic) bond motifs is 1. The minimum absolute atomic E-state index is 0.0114. The quantitative estimate of drug-likeness (QED) is 0.881. The molecule has 1 aromatic carbocycles. The van der Waals surface area contributed by atoms with Gasteiger partial charge < -0.3 is 10.2 Å². The molecule has 1 aliphatic heterocycles. The lowest BCUT2D eigenvalue weighted by Gasteiger charge is -2.11. The molecular formula is C14H14N4O. The first-order chi connectivity index (χ1) is 9.16. The molecule has 1 amide bonds. The Morgan fingerprint density at radius 2 is 1.84 bits per heavy atom. The zero-order valence-electron chi connectivity index (χ0n) is 10.8. The number of anilines is 1. The maximum atomic E-state index is 11.6. The number of carbonyl (C=O) groups is 1. The molecule has 1 aliphatic rings. The molecule has 0 radical (unpaired) electrons. The van der Waals surface area contributed by atoms with Crippen LogP contribution in [0.25, 0.3) is 11.1 Å². The van der Waals surface area contributed by atoms with Crippen LogP contribution in [0.3, 0.4) is 0 Å². The van der Waals surface area contributed by atoms with Crippen molar-refractivity contribution in [1.29, 1.82) is 0 Å². The van der Waals surface area contributed by atoms with E-state index in [-0.39, 0.29) is 5.91 Å². The van der Waals surface area contributed by atoms with Crippen LogP contribution in [0.15, 0.2) is 30.6 Å². The highest BCUT2D eigenvalue weighted by Gasteiger charge is 2.21. The fraction of sp³-hybridized carbons (Fsp3) is 0.214. The third-order valence-electron chi connectivity index (χ3n) is 3.20. The number of nitrogens with one attached hydrogen (secondary N) is 1. The van der Waals surface area contributed by atoms with Crippen molar-refractivity contribution in [3.8, 4) is 11.1 Å². The van der Waals surface area contributed by atoms with Crippen LogP contribution in [0.5, 0.6) is 0 Å². The van der Waals surface area contributed by atoms with E-state index in [4.69, 9.17) is 0 Å². The number of aromatic nitrogens is 2. The van der Waals surface area contributed by atoms with E-state index in [0.29, 0.717) is 12.5 Å². The second-order valence-electron chi connectivity index (χ2n) is 4.68. The summed E-state index contributed by atoms with van der Waals surface area (Å²) in [6, 6.07) is 5.72. The van der Waals surface area contributed by atoms with Gasteiger partial charge in [-0.15, -0.1) is 0 Å². The molecule has 0 atom stereocenters. The summed E-state index contributed by atoms with van der Waals surface area (Å²) in [7, 11) is 3.80. The molecule has 1 aromatic heterocycles. The van der Waals surface area contributed by atoms with Gasteiger partial charge in [0.15, 0.2) is 0 Å². The van der Waals surface area contributed by atoms with E-state index < -0.39 is 0 Å². The lowest BCUT2D eigenvalue weighted by Crippen LogP contribution is -2.12. The lowest BCUT2D eigenvalue weighted by atomic mass is 9.99. The van der Waals surface area contributed by atoms with Gasteiger partial charge in [0.05, 0.1) is 0 Å². The predicted molar refractivity (Wildman–Crippen MR) is 73.0 cm³/mol. The van der Waals surface area contributed by atoms with Gasteiger partial charge in [-0.2, -0.15) is 0 Å². The number of hydrogen-bond donors (Lipinski definition) is 1. The van der Waals surface area contributed by atoms with Gasteiger partial charge in [-0.3, -0.25) is 4.79 Å². The summed E-state index contributed by atoms with van der Waals surface area (Å²) in [6.07, 6.45) is 3.58. The molecule has 5 nitrogen and oxygen atoms in total. The van der Waals surface area contributed by atoms with E-state index >= 15 is 0 Å². The summed E-state index contributed by atoms with van der Waals surface area (Å²) in [5, 5.41) is 2.84. The summed E-state index contributed by atoms with van der Waals surface area (Å²) in [4.78, 5) is 22.1. The zero-order chi connectivity index (χ0) is 13.4. The average molecular weight is 254 g/mol. The molecule has 2 heterocycles. The van der Waals surface area contributed by atoms with Crippen LogP contribution >= 0.6 is 0 Å². The van der Waals surface area contributed by atoms with E-state index in [1.165, 1.54) is 0 Å². The third-order valence-corrected chi connectivity index (χ3v) is 3.20. The van der Waals surface area contributed by atoms with E-state index in [9.17, 15) is 4.79 Å². The Hall–Kier alpha value is -2.43. The molecule has 0 fully saturated rings. The second-order valence-corrected chi connectivity index (χ2v) is 4.68. The molecule has 0 unspecified atom stereocenters. The van der Waals surface area contributed by atoms with Gasteiger partial charge in [-0.1, -0.05) is 12.1 Å². The van der Waals surface area contributed by atoms with E-state index in [0.717, 1.165) is 22.3 Å². The minimum atomic E-state index is -0.0114. The molecule has 0 spiro atoms. The molecule has 0 bridgehead atoms. The highest BCUT2D eigenvalue weighted by Crippen LogP contribution is 2.28. The van der Waals surface area contributed by atoms with Crippen LogP contribution in [-0.4, -0.2) is 30.0 Å². The van der Waals surface area contributed by atoms with Gasteiger partial charge in [0, 0.05) is 44.2 Å². The molecule has 5 heteroatoms. The van der Waals surface area contributed by atoms with Crippen molar-refractivity contribution >= 4 is 11.9 Å². The van der Waals surface area contributed by atoms with Crippen LogP contribution in [0.2, 0.25) is 0 Å². The fourth-order valence-electron chi connectivity index (χ4n) is 2.22. The van der Waals surface area contributed by atoms with Crippen LogP contribution in [-0.2, 0) is 6.54 Å². The predicted octanol–water partition coefficient (Wildman–Crippen LogP) is 1.45. The SMILES string of the molecule is CN(C)c1ncc(-c2cccc3c2CNC3=O)cn1. The molecule has 2 aromatic rings. The molecule has 19 heavy (non-hydrogen) atoms. The Bertz CT molecular complexity index is 634. The van der Waals surface area contributed by atoms with Gasteiger partial charge in [0.25, 0.3) is 5.91 Å². The molecule has 96 valence electrons. The normalized spacial score (nSPS) is 13.1. The van der Waals surface area contributed by atoms with Crippen LogP contribution in [0, 0.1) is 0 Å². The maximum absolute atomic E-state index is 11.6. The van der Waals surface area contributed by atoms with Gasteiger partial charge in [-0.25, -0.2) is 9.97 Å². The van der Waals surface area contributed by atoms with Crippen molar-refractivity contribution < 1.29 is 4.79 Å². The largest absolute Gasteiger partial charge is 0.348 e. The highest BCUT2D eigenvalue weighted by atomic mass is 16.1. The Morgan fingerprint density at radius 3 is 2.53 bits per heavy atom. The van der Waals surface area contributed by atoms with Crippen molar-refractivity contribution in [3.63, 3.8) is 0 Å². The first-order valence-electron chi connectivity index (χ1n) is 6.06. The van der Waals surface area contributed by atoms with Crippen molar-refractivity contribution in [2.45, 2.75) is 6.54 Å². The highest BCUT2D eigenvalue weighted by molar-refractivity contribution is 6.00. The number of nitrogens with zero attached hydrogens (tertiary/aromatic N) is 3. The Balaban J connectivity index is 2.06. The maximum Gasteiger partial charge on any atom is 0.251 e. The van der Waals surface area contributed by atoms with Crippen molar-refractivity contribution in [1.82, 2.24) is 15.3 Å². The average Bonchev–Trinajstić information content (AvgIpc) is 2.81. The Kier molecular flexibility index (Phi) is 2.67. The molecule has 1 N–H and O–H groups in total. The summed E-state index contributed by atoms with van der Waals surface area (Å²) < 4.78 is 0. The van der Waals surface area contributed by atoms with E-state index in [1.807, 2.05) is 37.2 Å². The number of benzene rings is 1. The summed E-state index contributed by atoms with van der Waals surface area (Å²) >= 11 is 0. The van der Waals surface area contributed by atoms with Crippen molar-refractivity contribution in [2.24, 2.45) is 0 Å². The zero-order valence-corrected chi connectivity index (χ0v) is 10.8. The molecule has 0 saturated heterocycles. The van der Waals surface area contributed by atoms with Gasteiger partial charge in [0.1, 0.15) is 0 Å². The monoisotopic (exact) mass is 254 g/mol. The van der Waals surface area contributed by atoms with Crippen LogP contribution in [0.4, 0.5) is 5.95 Å². The molecule has 3 rings (SSSR count). The van der Waals surface area contributed by atoms with E-state index in [1.54, 1.807) is 12.4 Å². The fourth-order valence-corrected chi connectivity index (χ4v) is 2.22. The summed E-state index contributed by atoms with van der Waals surface area (Å²) in [6.45, 7) is 0.569. The Labute approximate surface area is 111 Å². The number of amides is 1. The number of rotatable bonds is 2. The molecular weight excluding hydrogens is 240 g/mol. The van der Waals surface area contributed by atoms with Crippen molar-refractivity contribution in [2.75, 3.05) is 19.0 Å². The number of carbonyl (C=O) groups excluding carboxylic acids is 1.